The third-order valence-corrected chi connectivity index (χ3v) is 6.10. The van der Waals surface area contributed by atoms with Gasteiger partial charge in [0, 0.05) is 42.2 Å². The van der Waals surface area contributed by atoms with Crippen LogP contribution in [0.15, 0.2) is 35.4 Å². The van der Waals surface area contributed by atoms with Crippen molar-refractivity contribution in [2.24, 2.45) is 0 Å². The van der Waals surface area contributed by atoms with Crippen LogP contribution in [0.25, 0.3) is 10.9 Å². The number of nitrogens with zero attached hydrogens (tertiary/aromatic N) is 6. The predicted molar refractivity (Wildman–Crippen MR) is 127 cm³/mol. The SMILES string of the molecule is Cc1nc(NCC2CCCCN2CCn2nc(C(C)(C)C)ccc2=O)c2ccncc2n1. The fourth-order valence-corrected chi connectivity index (χ4v) is 4.26. The van der Waals surface area contributed by atoms with Gasteiger partial charge in [-0.25, -0.2) is 14.6 Å². The molecule has 8 nitrogen and oxygen atoms in total. The third-order valence-electron chi connectivity index (χ3n) is 6.10. The second-order valence-electron chi connectivity index (χ2n) is 9.61. The number of aromatic nitrogens is 5. The van der Waals surface area contributed by atoms with E-state index in [1.165, 1.54) is 12.8 Å². The first-order chi connectivity index (χ1) is 15.3. The molecule has 1 unspecified atom stereocenters. The van der Waals surface area contributed by atoms with Gasteiger partial charge in [0.25, 0.3) is 5.56 Å². The Hall–Kier alpha value is -2.87. The van der Waals surface area contributed by atoms with Crippen LogP contribution in [-0.4, -0.2) is 55.3 Å². The smallest absolute Gasteiger partial charge is 0.266 e. The van der Waals surface area contributed by atoms with Gasteiger partial charge < -0.3 is 5.32 Å². The molecule has 0 aliphatic carbocycles. The zero-order chi connectivity index (χ0) is 22.7. The Morgan fingerprint density at radius 2 is 1.97 bits per heavy atom. The first-order valence-electron chi connectivity index (χ1n) is 11.5. The summed E-state index contributed by atoms with van der Waals surface area (Å²) >= 11 is 0. The van der Waals surface area contributed by atoms with Crippen molar-refractivity contribution in [1.29, 1.82) is 0 Å². The number of rotatable bonds is 6. The number of hydrogen-bond donors (Lipinski definition) is 1. The predicted octanol–water partition coefficient (Wildman–Crippen LogP) is 3.15. The van der Waals surface area contributed by atoms with E-state index < -0.39 is 0 Å². The highest BCUT2D eigenvalue weighted by Gasteiger charge is 2.23. The molecule has 1 N–H and O–H groups in total. The van der Waals surface area contributed by atoms with Crippen LogP contribution in [0.2, 0.25) is 0 Å². The second-order valence-corrected chi connectivity index (χ2v) is 9.61. The molecule has 170 valence electrons. The lowest BCUT2D eigenvalue weighted by Crippen LogP contribution is -2.46. The number of nitrogens with one attached hydrogen (secondary N) is 1. The Bertz CT molecular complexity index is 1140. The number of likely N-dealkylation sites (tertiary alicyclic amines) is 1. The fourth-order valence-electron chi connectivity index (χ4n) is 4.26. The van der Waals surface area contributed by atoms with Crippen molar-refractivity contribution < 1.29 is 0 Å². The van der Waals surface area contributed by atoms with E-state index >= 15 is 0 Å². The van der Waals surface area contributed by atoms with Crippen LogP contribution in [0.1, 0.15) is 51.6 Å². The molecule has 1 atom stereocenters. The number of fused-ring (bicyclic) bond motifs is 1. The van der Waals surface area contributed by atoms with Crippen molar-refractivity contribution in [3.63, 3.8) is 0 Å². The van der Waals surface area contributed by atoms with E-state index in [1.54, 1.807) is 23.1 Å². The molecule has 0 amide bonds. The summed E-state index contributed by atoms with van der Waals surface area (Å²) in [6.07, 6.45) is 7.07. The Kier molecular flexibility index (Phi) is 6.50. The van der Waals surface area contributed by atoms with E-state index in [0.29, 0.717) is 12.6 Å². The van der Waals surface area contributed by atoms with Gasteiger partial charge in [-0.1, -0.05) is 27.2 Å². The molecule has 8 heteroatoms. The van der Waals surface area contributed by atoms with Gasteiger partial charge in [-0.05, 0) is 38.4 Å². The first-order valence-corrected chi connectivity index (χ1v) is 11.5. The molecule has 1 aliphatic rings. The molecular weight excluding hydrogens is 402 g/mol. The summed E-state index contributed by atoms with van der Waals surface area (Å²) in [5.74, 6) is 1.59. The number of piperidine rings is 1. The van der Waals surface area contributed by atoms with E-state index in [-0.39, 0.29) is 11.0 Å². The van der Waals surface area contributed by atoms with Crippen molar-refractivity contribution in [2.45, 2.75) is 65.0 Å². The Balaban J connectivity index is 1.45. The number of aryl methyl sites for hydroxylation is 1. The van der Waals surface area contributed by atoms with Crippen molar-refractivity contribution in [2.75, 3.05) is 25.0 Å². The lowest BCUT2D eigenvalue weighted by molar-refractivity contribution is 0.147. The lowest BCUT2D eigenvalue weighted by atomic mass is 9.92. The van der Waals surface area contributed by atoms with E-state index in [0.717, 1.165) is 54.3 Å². The highest BCUT2D eigenvalue weighted by molar-refractivity contribution is 5.88. The van der Waals surface area contributed by atoms with E-state index in [9.17, 15) is 4.79 Å². The molecule has 3 aromatic heterocycles. The van der Waals surface area contributed by atoms with Crippen LogP contribution in [-0.2, 0) is 12.0 Å². The molecule has 0 aromatic carbocycles. The molecule has 1 aliphatic heterocycles. The van der Waals surface area contributed by atoms with Gasteiger partial charge in [0.15, 0.2) is 0 Å². The van der Waals surface area contributed by atoms with Gasteiger partial charge in [-0.3, -0.25) is 14.7 Å². The largest absolute Gasteiger partial charge is 0.368 e. The summed E-state index contributed by atoms with van der Waals surface area (Å²) in [7, 11) is 0. The highest BCUT2D eigenvalue weighted by Crippen LogP contribution is 2.22. The van der Waals surface area contributed by atoms with Crippen molar-refractivity contribution in [3.05, 3.63) is 52.5 Å². The van der Waals surface area contributed by atoms with Crippen LogP contribution in [0.5, 0.6) is 0 Å². The van der Waals surface area contributed by atoms with Gasteiger partial charge in [0.2, 0.25) is 0 Å². The lowest BCUT2D eigenvalue weighted by Gasteiger charge is -2.36. The zero-order valence-electron chi connectivity index (χ0n) is 19.5. The highest BCUT2D eigenvalue weighted by atomic mass is 16.1. The Morgan fingerprint density at radius 3 is 2.78 bits per heavy atom. The van der Waals surface area contributed by atoms with Crippen LogP contribution >= 0.6 is 0 Å². The summed E-state index contributed by atoms with van der Waals surface area (Å²) in [4.78, 5) is 28.1. The molecule has 0 bridgehead atoms. The summed E-state index contributed by atoms with van der Waals surface area (Å²) in [5.41, 5.74) is 1.67. The van der Waals surface area contributed by atoms with Crippen molar-refractivity contribution in [1.82, 2.24) is 29.6 Å². The monoisotopic (exact) mass is 435 g/mol. The molecule has 0 spiro atoms. The topological polar surface area (TPSA) is 88.8 Å². The summed E-state index contributed by atoms with van der Waals surface area (Å²) in [5, 5.41) is 9.18. The first kappa shape index (κ1) is 22.3. The van der Waals surface area contributed by atoms with Crippen LogP contribution in [0.4, 0.5) is 5.82 Å². The van der Waals surface area contributed by atoms with Crippen LogP contribution in [0, 0.1) is 6.92 Å². The summed E-state index contributed by atoms with van der Waals surface area (Å²) in [6.45, 7) is 11.5. The maximum atomic E-state index is 12.4. The molecule has 0 saturated carbocycles. The van der Waals surface area contributed by atoms with E-state index in [2.05, 4.69) is 51.0 Å². The Morgan fingerprint density at radius 1 is 1.12 bits per heavy atom. The third kappa shape index (κ3) is 5.12. The van der Waals surface area contributed by atoms with E-state index in [4.69, 9.17) is 0 Å². The molecule has 3 aromatic rings. The minimum Gasteiger partial charge on any atom is -0.368 e. The van der Waals surface area contributed by atoms with Crippen molar-refractivity contribution in [3.8, 4) is 0 Å². The summed E-state index contributed by atoms with van der Waals surface area (Å²) < 4.78 is 1.62. The van der Waals surface area contributed by atoms with E-state index in [1.807, 2.05) is 19.1 Å². The standard InChI is InChI=1S/C24H33N7O/c1-17-27-20-16-25-11-10-19(20)23(28-17)26-15-18-7-5-6-12-30(18)13-14-31-22(32)9-8-21(29-31)24(2,3)4/h8-11,16,18H,5-7,12-15H2,1-4H3,(H,26,27,28). The Labute approximate surface area is 189 Å². The average Bonchev–Trinajstić information content (AvgIpc) is 2.76. The number of anilines is 1. The molecule has 1 fully saturated rings. The van der Waals surface area contributed by atoms with Gasteiger partial charge in [0.1, 0.15) is 11.6 Å². The maximum Gasteiger partial charge on any atom is 0.266 e. The molecule has 4 heterocycles. The van der Waals surface area contributed by atoms with Crippen LogP contribution < -0.4 is 10.9 Å². The average molecular weight is 436 g/mol. The minimum absolute atomic E-state index is 0.0405. The summed E-state index contributed by atoms with van der Waals surface area (Å²) in [6, 6.07) is 5.82. The molecule has 1 saturated heterocycles. The van der Waals surface area contributed by atoms with Gasteiger partial charge in [-0.15, -0.1) is 0 Å². The van der Waals surface area contributed by atoms with Gasteiger partial charge >= 0.3 is 0 Å². The number of pyridine rings is 1. The minimum atomic E-state index is -0.0823. The second kappa shape index (κ2) is 9.32. The maximum absolute atomic E-state index is 12.4. The number of hydrogen-bond acceptors (Lipinski definition) is 7. The van der Waals surface area contributed by atoms with Gasteiger partial charge in [-0.2, -0.15) is 5.10 Å². The molecule has 0 radical (unpaired) electrons. The fraction of sp³-hybridized carbons (Fsp3) is 0.542. The molecule has 32 heavy (non-hydrogen) atoms. The zero-order valence-corrected chi connectivity index (χ0v) is 19.5. The molecule has 4 rings (SSSR count). The van der Waals surface area contributed by atoms with Crippen molar-refractivity contribution >= 4 is 16.7 Å². The van der Waals surface area contributed by atoms with Gasteiger partial charge in [0.05, 0.1) is 24.0 Å². The molecular formula is C24H33N7O. The van der Waals surface area contributed by atoms with Crippen LogP contribution in [0.3, 0.4) is 0 Å². The quantitative estimate of drug-likeness (QED) is 0.636. The normalized spacial score (nSPS) is 17.6.